The molecule has 3 aromatic rings. The van der Waals surface area contributed by atoms with Gasteiger partial charge in [-0.05, 0) is 55.2 Å². The van der Waals surface area contributed by atoms with E-state index in [1.807, 2.05) is 42.6 Å². The fourth-order valence-electron chi connectivity index (χ4n) is 5.08. The number of amides is 2. The van der Waals surface area contributed by atoms with Gasteiger partial charge in [-0.25, -0.2) is 0 Å². The largest absolute Gasteiger partial charge is 0.497 e. The van der Waals surface area contributed by atoms with Crippen LogP contribution in [0.25, 0.3) is 10.9 Å². The summed E-state index contributed by atoms with van der Waals surface area (Å²) in [5.74, 6) is 0.145. The molecule has 2 aliphatic rings. The van der Waals surface area contributed by atoms with Gasteiger partial charge in [-0.3, -0.25) is 24.0 Å². The lowest BCUT2D eigenvalue weighted by molar-refractivity contribution is -0.152. The van der Waals surface area contributed by atoms with Gasteiger partial charge in [-0.1, -0.05) is 12.1 Å². The summed E-state index contributed by atoms with van der Waals surface area (Å²) < 4.78 is 11.8. The monoisotopic (exact) mass is 490 g/mol. The van der Waals surface area contributed by atoms with E-state index in [1.54, 1.807) is 11.8 Å². The minimum absolute atomic E-state index is 0.0429. The number of benzene rings is 2. The molecule has 9 nitrogen and oxygen atoms in total. The number of likely N-dealkylation sites (tertiary alicyclic amines) is 1. The molecule has 2 saturated heterocycles. The molecule has 9 heteroatoms. The third kappa shape index (κ3) is 4.65. The third-order valence-corrected chi connectivity index (χ3v) is 7.20. The van der Waals surface area contributed by atoms with Crippen LogP contribution in [0.2, 0.25) is 0 Å². The fraction of sp³-hybridized carbons (Fsp3) is 0.407. The van der Waals surface area contributed by atoms with Gasteiger partial charge < -0.3 is 14.4 Å². The molecule has 0 N–H and O–H groups in total. The Labute approximate surface area is 209 Å². The van der Waals surface area contributed by atoms with Gasteiger partial charge in [0, 0.05) is 36.8 Å². The van der Waals surface area contributed by atoms with Crippen LogP contribution >= 0.6 is 0 Å². The molecule has 1 aromatic heterocycles. The van der Waals surface area contributed by atoms with Crippen molar-refractivity contribution < 1.29 is 23.9 Å². The van der Waals surface area contributed by atoms with E-state index in [2.05, 4.69) is 16.1 Å². The van der Waals surface area contributed by atoms with Gasteiger partial charge in [-0.2, -0.15) is 5.10 Å². The molecule has 2 aliphatic heterocycles. The van der Waals surface area contributed by atoms with Crippen molar-refractivity contribution in [3.63, 3.8) is 0 Å². The standard InChI is InChI=1S/C27H30N4O5/c1-35-22-6-3-18(4-7-22)16-30-25(32)10-9-24(26(30)33)31-17-20-15-21(5-8-23(20)28-31)29-13-11-19(12-14-29)27(34)36-2/h3-8,15,17,19,24H,9-14,16H2,1-2H3. The summed E-state index contributed by atoms with van der Waals surface area (Å²) in [6.45, 7) is 1.79. The second kappa shape index (κ2) is 10.0. The zero-order chi connectivity index (χ0) is 25.2. The maximum Gasteiger partial charge on any atom is 0.308 e. The molecule has 2 fully saturated rings. The van der Waals surface area contributed by atoms with Crippen molar-refractivity contribution in [2.75, 3.05) is 32.2 Å². The summed E-state index contributed by atoms with van der Waals surface area (Å²) in [5.41, 5.74) is 2.73. The molecule has 5 rings (SSSR count). The highest BCUT2D eigenvalue weighted by molar-refractivity contribution is 5.99. The van der Waals surface area contributed by atoms with Gasteiger partial charge >= 0.3 is 5.97 Å². The average Bonchev–Trinajstić information content (AvgIpc) is 3.34. The van der Waals surface area contributed by atoms with Crippen molar-refractivity contribution in [3.8, 4) is 5.75 Å². The van der Waals surface area contributed by atoms with E-state index in [-0.39, 0.29) is 30.2 Å². The van der Waals surface area contributed by atoms with Crippen LogP contribution in [0.5, 0.6) is 5.75 Å². The summed E-state index contributed by atoms with van der Waals surface area (Å²) >= 11 is 0. The van der Waals surface area contributed by atoms with Crippen molar-refractivity contribution in [1.82, 2.24) is 14.7 Å². The van der Waals surface area contributed by atoms with Crippen LogP contribution < -0.4 is 9.64 Å². The third-order valence-electron chi connectivity index (χ3n) is 7.20. The number of esters is 1. The smallest absolute Gasteiger partial charge is 0.308 e. The number of ether oxygens (including phenoxy) is 2. The van der Waals surface area contributed by atoms with E-state index in [0.29, 0.717) is 12.8 Å². The van der Waals surface area contributed by atoms with Crippen LogP contribution in [0, 0.1) is 5.92 Å². The molecule has 1 unspecified atom stereocenters. The summed E-state index contributed by atoms with van der Waals surface area (Å²) in [4.78, 5) is 41.4. The molecular weight excluding hydrogens is 460 g/mol. The van der Waals surface area contributed by atoms with Gasteiger partial charge in [-0.15, -0.1) is 0 Å². The normalized spacial score (nSPS) is 19.1. The molecule has 2 aromatic carbocycles. The highest BCUT2D eigenvalue weighted by Gasteiger charge is 2.36. The van der Waals surface area contributed by atoms with Crippen molar-refractivity contribution in [2.24, 2.45) is 5.92 Å². The molecule has 0 spiro atoms. The summed E-state index contributed by atoms with van der Waals surface area (Å²) in [6.07, 6.45) is 4.14. The lowest BCUT2D eigenvalue weighted by Crippen LogP contribution is -2.45. The molecule has 0 radical (unpaired) electrons. The van der Waals surface area contributed by atoms with Crippen LogP contribution in [0.3, 0.4) is 0 Å². The molecule has 0 saturated carbocycles. The molecule has 188 valence electrons. The van der Waals surface area contributed by atoms with Crippen molar-refractivity contribution >= 4 is 34.4 Å². The fourth-order valence-corrected chi connectivity index (χ4v) is 5.08. The topological polar surface area (TPSA) is 94.0 Å². The summed E-state index contributed by atoms with van der Waals surface area (Å²) in [7, 11) is 3.03. The Kier molecular flexibility index (Phi) is 6.63. The highest BCUT2D eigenvalue weighted by Crippen LogP contribution is 2.30. The van der Waals surface area contributed by atoms with Crippen molar-refractivity contribution in [3.05, 3.63) is 54.2 Å². The number of carbonyl (C=O) groups is 3. The number of hydrogen-bond acceptors (Lipinski definition) is 7. The Hall–Kier alpha value is -3.88. The molecule has 0 bridgehead atoms. The van der Waals surface area contributed by atoms with Crippen LogP contribution in [0.15, 0.2) is 48.7 Å². The molecule has 0 aliphatic carbocycles. The number of rotatable bonds is 6. The lowest BCUT2D eigenvalue weighted by atomic mass is 9.96. The Balaban J connectivity index is 1.31. The summed E-state index contributed by atoms with van der Waals surface area (Å²) in [5, 5.41) is 5.61. The Bertz CT molecular complexity index is 1280. The van der Waals surface area contributed by atoms with Gasteiger partial charge in [0.05, 0.1) is 32.2 Å². The molecular formula is C27H30N4O5. The summed E-state index contributed by atoms with van der Waals surface area (Å²) in [6, 6.07) is 12.9. The first kappa shape index (κ1) is 23.8. The van der Waals surface area contributed by atoms with Crippen LogP contribution in [0.4, 0.5) is 5.69 Å². The molecule has 36 heavy (non-hydrogen) atoms. The average molecular weight is 491 g/mol. The lowest BCUT2D eigenvalue weighted by Gasteiger charge is -2.32. The number of anilines is 1. The number of hydrogen-bond donors (Lipinski definition) is 0. The second-order valence-electron chi connectivity index (χ2n) is 9.36. The number of nitrogens with zero attached hydrogens (tertiary/aromatic N) is 4. The molecule has 2 amide bonds. The molecule has 3 heterocycles. The van der Waals surface area contributed by atoms with E-state index in [4.69, 9.17) is 9.47 Å². The van der Waals surface area contributed by atoms with E-state index < -0.39 is 6.04 Å². The number of carbonyl (C=O) groups excluding carboxylic acids is 3. The minimum Gasteiger partial charge on any atom is -0.497 e. The first-order valence-corrected chi connectivity index (χ1v) is 12.3. The zero-order valence-corrected chi connectivity index (χ0v) is 20.6. The van der Waals surface area contributed by atoms with E-state index in [0.717, 1.165) is 53.8 Å². The Morgan fingerprint density at radius 3 is 2.47 bits per heavy atom. The maximum absolute atomic E-state index is 13.3. The molecule has 1 atom stereocenters. The first-order chi connectivity index (χ1) is 17.5. The quantitative estimate of drug-likeness (QED) is 0.386. The number of methoxy groups -OCH3 is 2. The first-order valence-electron chi connectivity index (χ1n) is 12.3. The maximum atomic E-state index is 13.3. The van der Waals surface area contributed by atoms with Crippen LogP contribution in [-0.2, 0) is 25.7 Å². The van der Waals surface area contributed by atoms with Crippen molar-refractivity contribution in [2.45, 2.75) is 38.3 Å². The number of aromatic nitrogens is 2. The van der Waals surface area contributed by atoms with Gasteiger partial charge in [0.1, 0.15) is 11.8 Å². The predicted octanol–water partition coefficient (Wildman–Crippen LogP) is 3.32. The number of piperidine rings is 2. The number of imide groups is 1. The Morgan fingerprint density at radius 1 is 1.03 bits per heavy atom. The van der Waals surface area contributed by atoms with E-state index in [9.17, 15) is 14.4 Å². The zero-order valence-electron chi connectivity index (χ0n) is 20.6. The van der Waals surface area contributed by atoms with Crippen LogP contribution in [-0.4, -0.2) is 59.8 Å². The minimum atomic E-state index is -0.521. The predicted molar refractivity (Wildman–Crippen MR) is 134 cm³/mol. The Morgan fingerprint density at radius 2 is 1.78 bits per heavy atom. The highest BCUT2D eigenvalue weighted by atomic mass is 16.5. The van der Waals surface area contributed by atoms with Crippen LogP contribution in [0.1, 0.15) is 37.3 Å². The van der Waals surface area contributed by atoms with Crippen molar-refractivity contribution in [1.29, 1.82) is 0 Å². The van der Waals surface area contributed by atoms with Gasteiger partial charge in [0.25, 0.3) is 5.91 Å². The van der Waals surface area contributed by atoms with Gasteiger partial charge in [0.2, 0.25) is 5.91 Å². The number of fused-ring (bicyclic) bond motifs is 1. The van der Waals surface area contributed by atoms with E-state index >= 15 is 0 Å². The second-order valence-corrected chi connectivity index (χ2v) is 9.36. The van der Waals surface area contributed by atoms with Gasteiger partial charge in [0.15, 0.2) is 0 Å². The SMILES string of the molecule is COC(=O)C1CCN(c2ccc3nn(C4CCC(=O)N(Cc5ccc(OC)cc5)C4=O)cc3c2)CC1. The van der Waals surface area contributed by atoms with E-state index in [1.165, 1.54) is 12.0 Å².